The molecule has 0 saturated carbocycles. The third kappa shape index (κ3) is 3.68. The van der Waals surface area contributed by atoms with Crippen LogP contribution < -0.4 is 15.3 Å². The summed E-state index contributed by atoms with van der Waals surface area (Å²) in [6.45, 7) is 0. The summed E-state index contributed by atoms with van der Waals surface area (Å²) in [5.41, 5.74) is 3.85. The fraction of sp³-hybridized carbons (Fsp3) is 0.111. The molecule has 1 N–H and O–H groups in total. The average molecular weight is 431 g/mol. The molecule has 1 saturated heterocycles. The molecular formula is C18H15BrN4O4. The standard InChI is InChI=1S/C18H15BrN4O4/c1-21(2)16-8-7-14(23(26)27)9-11(16)10-15-17(24)20-22(18(15)25)13-5-3-12(19)4-6-13/h3-10H,1-2H3,(H,20,24)/b15-10-. The van der Waals surface area contributed by atoms with Gasteiger partial charge in [-0.15, -0.1) is 0 Å². The molecule has 8 nitrogen and oxygen atoms in total. The number of hydrogen-bond donors (Lipinski definition) is 1. The monoisotopic (exact) mass is 430 g/mol. The van der Waals surface area contributed by atoms with Crippen LogP contribution in [-0.4, -0.2) is 30.8 Å². The third-order valence-corrected chi connectivity index (χ3v) is 4.51. The number of nitro groups is 1. The molecule has 2 aromatic carbocycles. The number of benzene rings is 2. The summed E-state index contributed by atoms with van der Waals surface area (Å²) in [4.78, 5) is 37.4. The SMILES string of the molecule is CN(C)c1ccc([N+](=O)[O-])cc1/C=C1/C(=O)NN(c2ccc(Br)cc2)C1=O. The highest BCUT2D eigenvalue weighted by molar-refractivity contribution is 9.10. The summed E-state index contributed by atoms with van der Waals surface area (Å²) in [5, 5.41) is 12.2. The van der Waals surface area contributed by atoms with Crippen LogP contribution in [0.2, 0.25) is 0 Å². The van der Waals surface area contributed by atoms with Gasteiger partial charge in [0.15, 0.2) is 0 Å². The Morgan fingerprint density at radius 2 is 1.81 bits per heavy atom. The third-order valence-electron chi connectivity index (χ3n) is 3.98. The molecule has 0 unspecified atom stereocenters. The van der Waals surface area contributed by atoms with E-state index in [9.17, 15) is 19.7 Å². The second-order valence-electron chi connectivity index (χ2n) is 6.01. The molecule has 3 rings (SSSR count). The van der Waals surface area contributed by atoms with Crippen molar-refractivity contribution in [3.63, 3.8) is 0 Å². The highest BCUT2D eigenvalue weighted by Gasteiger charge is 2.34. The molecule has 2 aromatic rings. The molecular weight excluding hydrogens is 416 g/mol. The van der Waals surface area contributed by atoms with Crippen molar-refractivity contribution in [1.82, 2.24) is 5.43 Å². The number of nitrogens with zero attached hydrogens (tertiary/aromatic N) is 3. The van der Waals surface area contributed by atoms with Crippen molar-refractivity contribution >= 4 is 50.9 Å². The summed E-state index contributed by atoms with van der Waals surface area (Å²) in [7, 11) is 3.54. The summed E-state index contributed by atoms with van der Waals surface area (Å²) < 4.78 is 0.840. The lowest BCUT2D eigenvalue weighted by Crippen LogP contribution is -2.35. The highest BCUT2D eigenvalue weighted by Crippen LogP contribution is 2.29. The maximum Gasteiger partial charge on any atom is 0.282 e. The zero-order valence-corrected chi connectivity index (χ0v) is 16.1. The van der Waals surface area contributed by atoms with E-state index in [1.54, 1.807) is 49.3 Å². The second kappa shape index (κ2) is 7.20. The molecule has 27 heavy (non-hydrogen) atoms. The van der Waals surface area contributed by atoms with E-state index < -0.39 is 16.7 Å². The first-order valence-electron chi connectivity index (χ1n) is 7.86. The van der Waals surface area contributed by atoms with Gasteiger partial charge in [0.1, 0.15) is 5.57 Å². The maximum absolute atomic E-state index is 12.7. The van der Waals surface area contributed by atoms with Gasteiger partial charge in [0.2, 0.25) is 0 Å². The van der Waals surface area contributed by atoms with E-state index in [0.717, 1.165) is 9.48 Å². The lowest BCUT2D eigenvalue weighted by molar-refractivity contribution is -0.384. The minimum absolute atomic E-state index is 0.0958. The van der Waals surface area contributed by atoms with Gasteiger partial charge in [-0.2, -0.15) is 0 Å². The highest BCUT2D eigenvalue weighted by atomic mass is 79.9. The Morgan fingerprint density at radius 3 is 2.41 bits per heavy atom. The topological polar surface area (TPSA) is 95.8 Å². The van der Waals surface area contributed by atoms with E-state index in [1.165, 1.54) is 18.2 Å². The Kier molecular flexibility index (Phi) is 4.95. The summed E-state index contributed by atoms with van der Waals surface area (Å²) in [5.74, 6) is -1.10. The number of hydrogen-bond acceptors (Lipinski definition) is 5. The molecule has 1 fully saturated rings. The number of hydrazine groups is 1. The van der Waals surface area contributed by atoms with E-state index in [4.69, 9.17) is 0 Å². The number of nitrogens with one attached hydrogen (secondary N) is 1. The van der Waals surface area contributed by atoms with Crippen LogP contribution in [0.5, 0.6) is 0 Å². The molecule has 1 aliphatic heterocycles. The van der Waals surface area contributed by atoms with E-state index in [0.29, 0.717) is 16.9 Å². The van der Waals surface area contributed by atoms with Gasteiger partial charge in [-0.05, 0) is 36.4 Å². The van der Waals surface area contributed by atoms with Gasteiger partial charge in [-0.25, -0.2) is 5.01 Å². The zero-order chi connectivity index (χ0) is 19.7. The molecule has 1 heterocycles. The smallest absolute Gasteiger partial charge is 0.282 e. The molecule has 138 valence electrons. The van der Waals surface area contributed by atoms with Crippen molar-refractivity contribution in [2.75, 3.05) is 24.0 Å². The first-order chi connectivity index (χ1) is 12.8. The van der Waals surface area contributed by atoms with Gasteiger partial charge in [0, 0.05) is 42.0 Å². The first kappa shape index (κ1) is 18.6. The fourth-order valence-electron chi connectivity index (χ4n) is 2.66. The number of nitro benzene ring substituents is 1. The molecule has 0 aliphatic carbocycles. The predicted molar refractivity (Wildman–Crippen MR) is 105 cm³/mol. The molecule has 1 aliphatic rings. The van der Waals surface area contributed by atoms with Gasteiger partial charge in [-0.3, -0.25) is 25.1 Å². The Morgan fingerprint density at radius 1 is 1.15 bits per heavy atom. The molecule has 0 spiro atoms. The van der Waals surface area contributed by atoms with Crippen molar-refractivity contribution in [2.24, 2.45) is 0 Å². The van der Waals surface area contributed by atoms with Crippen LogP contribution >= 0.6 is 15.9 Å². The van der Waals surface area contributed by atoms with Gasteiger partial charge in [0.25, 0.3) is 17.5 Å². The number of anilines is 2. The largest absolute Gasteiger partial charge is 0.377 e. The Labute approximate surface area is 163 Å². The van der Waals surface area contributed by atoms with Crippen LogP contribution in [0.25, 0.3) is 6.08 Å². The quantitative estimate of drug-likeness (QED) is 0.348. The number of rotatable bonds is 4. The number of halogens is 1. The Hall–Kier alpha value is -3.20. The van der Waals surface area contributed by atoms with Gasteiger partial charge >= 0.3 is 0 Å². The van der Waals surface area contributed by atoms with Gasteiger partial charge < -0.3 is 4.90 Å². The Balaban J connectivity index is 2.03. The second-order valence-corrected chi connectivity index (χ2v) is 6.93. The van der Waals surface area contributed by atoms with Crippen LogP contribution in [0.3, 0.4) is 0 Å². The van der Waals surface area contributed by atoms with Crippen LogP contribution in [-0.2, 0) is 9.59 Å². The molecule has 0 aromatic heterocycles. The summed E-state index contributed by atoms with van der Waals surface area (Å²) >= 11 is 3.32. The van der Waals surface area contributed by atoms with Crippen molar-refractivity contribution in [1.29, 1.82) is 0 Å². The minimum atomic E-state index is -0.570. The number of non-ortho nitro benzene ring substituents is 1. The fourth-order valence-corrected chi connectivity index (χ4v) is 2.93. The average Bonchev–Trinajstić information content (AvgIpc) is 2.90. The zero-order valence-electron chi connectivity index (χ0n) is 14.5. The number of carbonyl (C=O) groups is 2. The number of amides is 2. The number of carbonyl (C=O) groups excluding carboxylic acids is 2. The molecule has 0 bridgehead atoms. The molecule has 0 atom stereocenters. The van der Waals surface area contributed by atoms with Crippen molar-refractivity contribution in [2.45, 2.75) is 0 Å². The summed E-state index contributed by atoms with van der Waals surface area (Å²) in [6.07, 6.45) is 1.37. The molecule has 0 radical (unpaired) electrons. The van der Waals surface area contributed by atoms with Crippen molar-refractivity contribution in [3.8, 4) is 0 Å². The van der Waals surface area contributed by atoms with Crippen LogP contribution in [0.15, 0.2) is 52.5 Å². The minimum Gasteiger partial charge on any atom is -0.377 e. The lowest BCUT2D eigenvalue weighted by Gasteiger charge is -2.16. The van der Waals surface area contributed by atoms with E-state index >= 15 is 0 Å². The molecule has 9 heteroatoms. The summed E-state index contributed by atoms with van der Waals surface area (Å²) in [6, 6.07) is 11.2. The first-order valence-corrected chi connectivity index (χ1v) is 8.65. The van der Waals surface area contributed by atoms with E-state index in [2.05, 4.69) is 21.4 Å². The van der Waals surface area contributed by atoms with Gasteiger partial charge in [-0.1, -0.05) is 15.9 Å². The predicted octanol–water partition coefficient (Wildman–Crippen LogP) is 2.88. The van der Waals surface area contributed by atoms with E-state index in [-0.39, 0.29) is 11.3 Å². The van der Waals surface area contributed by atoms with Crippen LogP contribution in [0.1, 0.15) is 5.56 Å². The molecule has 2 amide bonds. The Bertz CT molecular complexity index is 970. The van der Waals surface area contributed by atoms with Crippen molar-refractivity contribution < 1.29 is 14.5 Å². The normalized spacial score (nSPS) is 15.2. The van der Waals surface area contributed by atoms with Gasteiger partial charge in [0.05, 0.1) is 10.6 Å². The van der Waals surface area contributed by atoms with Crippen molar-refractivity contribution in [3.05, 3.63) is 68.2 Å². The van der Waals surface area contributed by atoms with Crippen LogP contribution in [0.4, 0.5) is 17.1 Å². The van der Waals surface area contributed by atoms with Crippen LogP contribution in [0, 0.1) is 10.1 Å². The lowest BCUT2D eigenvalue weighted by atomic mass is 10.1. The maximum atomic E-state index is 12.7. The van der Waals surface area contributed by atoms with E-state index in [1.807, 2.05) is 0 Å².